The summed E-state index contributed by atoms with van der Waals surface area (Å²) in [4.78, 5) is 2.87. The third-order valence-electron chi connectivity index (χ3n) is 7.18. The Hall–Kier alpha value is -4.68. The predicted octanol–water partition coefficient (Wildman–Crippen LogP) is 7.94. The number of aromatic hydroxyl groups is 2. The number of nitrogens with zero attached hydrogens (tertiary/aromatic N) is 2. The summed E-state index contributed by atoms with van der Waals surface area (Å²) in [6, 6.07) is 17.9. The lowest BCUT2D eigenvalue weighted by atomic mass is 9.98. The Balaban J connectivity index is 1.60. The summed E-state index contributed by atoms with van der Waals surface area (Å²) in [6.07, 6.45) is -6.46. The zero-order valence-electron chi connectivity index (χ0n) is 23.1. The van der Waals surface area contributed by atoms with Crippen LogP contribution in [0.2, 0.25) is 0 Å². The standard InChI is InChI=1S/C31H26F3N3O5S/c1-16-10-11-19(14-17(16)2)25-24(43(3,41)42)13-12-22-26(25)35-30(40)27(22)37-36-23-9-5-8-21(28(23)38)18-6-4-7-20(15-18)29(39)31(32,33)34/h4-15,29,35,38-40H,1-3H3. The van der Waals surface area contributed by atoms with Gasteiger partial charge in [0.15, 0.2) is 27.4 Å². The molecule has 0 spiro atoms. The average molecular weight is 610 g/mol. The highest BCUT2D eigenvalue weighted by atomic mass is 32.2. The number of azo groups is 1. The monoisotopic (exact) mass is 609 g/mol. The Kier molecular flexibility index (Phi) is 7.53. The number of benzene rings is 4. The Labute approximate surface area is 244 Å². The highest BCUT2D eigenvalue weighted by Gasteiger charge is 2.39. The number of para-hydroxylation sites is 1. The van der Waals surface area contributed by atoms with Gasteiger partial charge in [0.25, 0.3) is 0 Å². The first-order chi connectivity index (χ1) is 20.2. The highest BCUT2D eigenvalue weighted by molar-refractivity contribution is 7.90. The molecule has 0 aliphatic carbocycles. The van der Waals surface area contributed by atoms with Crippen molar-refractivity contribution in [1.82, 2.24) is 4.98 Å². The first-order valence-corrected chi connectivity index (χ1v) is 14.8. The molecule has 0 aliphatic heterocycles. The van der Waals surface area contributed by atoms with Gasteiger partial charge in [-0.2, -0.15) is 13.2 Å². The molecule has 5 rings (SSSR count). The average Bonchev–Trinajstić information content (AvgIpc) is 3.27. The van der Waals surface area contributed by atoms with Crippen LogP contribution in [0.15, 0.2) is 87.9 Å². The zero-order chi connectivity index (χ0) is 31.3. The number of phenolic OH excluding ortho intramolecular Hbond substituents is 1. The number of phenols is 1. The van der Waals surface area contributed by atoms with Crippen molar-refractivity contribution in [2.24, 2.45) is 10.2 Å². The van der Waals surface area contributed by atoms with Crippen molar-refractivity contribution in [2.45, 2.75) is 31.0 Å². The number of hydrogen-bond acceptors (Lipinski definition) is 7. The van der Waals surface area contributed by atoms with E-state index in [1.165, 1.54) is 42.5 Å². The van der Waals surface area contributed by atoms with E-state index in [2.05, 4.69) is 15.2 Å². The molecule has 1 aromatic heterocycles. The molecule has 1 atom stereocenters. The smallest absolute Gasteiger partial charge is 0.418 e. The minimum Gasteiger partial charge on any atom is -0.505 e. The highest BCUT2D eigenvalue weighted by Crippen LogP contribution is 2.45. The molecular weight excluding hydrogens is 583 g/mol. The van der Waals surface area contributed by atoms with Gasteiger partial charge in [-0.3, -0.25) is 0 Å². The maximum atomic E-state index is 13.0. The number of aromatic nitrogens is 1. The minimum atomic E-state index is -4.86. The van der Waals surface area contributed by atoms with Crippen LogP contribution in [0.1, 0.15) is 22.8 Å². The van der Waals surface area contributed by atoms with Crippen LogP contribution in [-0.4, -0.2) is 41.2 Å². The van der Waals surface area contributed by atoms with Crippen LogP contribution < -0.4 is 0 Å². The van der Waals surface area contributed by atoms with E-state index in [1.54, 1.807) is 6.07 Å². The molecule has 1 heterocycles. The van der Waals surface area contributed by atoms with Gasteiger partial charge in [0.05, 0.1) is 10.4 Å². The van der Waals surface area contributed by atoms with Crippen LogP contribution in [0.25, 0.3) is 33.2 Å². The van der Waals surface area contributed by atoms with Gasteiger partial charge in [-0.25, -0.2) is 8.42 Å². The van der Waals surface area contributed by atoms with Crippen LogP contribution in [0.4, 0.5) is 24.5 Å². The van der Waals surface area contributed by atoms with Crippen LogP contribution in [0, 0.1) is 13.8 Å². The van der Waals surface area contributed by atoms with Gasteiger partial charge in [0.1, 0.15) is 5.69 Å². The molecule has 1 unspecified atom stereocenters. The van der Waals surface area contributed by atoms with Crippen molar-refractivity contribution in [3.8, 4) is 33.9 Å². The molecule has 0 saturated carbocycles. The molecular formula is C31H26F3N3O5S. The molecule has 222 valence electrons. The van der Waals surface area contributed by atoms with Gasteiger partial charge in [0, 0.05) is 22.8 Å². The van der Waals surface area contributed by atoms with Crippen molar-refractivity contribution in [3.05, 3.63) is 89.5 Å². The quantitative estimate of drug-likeness (QED) is 0.145. The lowest BCUT2D eigenvalue weighted by Crippen LogP contribution is -2.20. The second-order valence-electron chi connectivity index (χ2n) is 10.2. The molecule has 4 N–H and O–H groups in total. The predicted molar refractivity (Wildman–Crippen MR) is 157 cm³/mol. The van der Waals surface area contributed by atoms with Crippen LogP contribution in [-0.2, 0) is 9.84 Å². The second-order valence-corrected chi connectivity index (χ2v) is 12.2. The van der Waals surface area contributed by atoms with Gasteiger partial charge < -0.3 is 20.3 Å². The summed E-state index contributed by atoms with van der Waals surface area (Å²) in [6.45, 7) is 3.84. The van der Waals surface area contributed by atoms with Crippen molar-refractivity contribution < 1.29 is 36.9 Å². The number of aliphatic hydroxyl groups excluding tert-OH is 1. The summed E-state index contributed by atoms with van der Waals surface area (Å²) in [5.41, 5.74) is 3.14. The summed E-state index contributed by atoms with van der Waals surface area (Å²) >= 11 is 0. The molecule has 4 aromatic carbocycles. The molecule has 43 heavy (non-hydrogen) atoms. The molecule has 0 bridgehead atoms. The van der Waals surface area contributed by atoms with E-state index in [0.29, 0.717) is 22.0 Å². The van der Waals surface area contributed by atoms with Crippen LogP contribution in [0.3, 0.4) is 0 Å². The summed E-state index contributed by atoms with van der Waals surface area (Å²) in [5.74, 6) is -0.779. The van der Waals surface area contributed by atoms with Crippen LogP contribution in [0.5, 0.6) is 11.6 Å². The fraction of sp³-hybridized carbons (Fsp3) is 0.161. The van der Waals surface area contributed by atoms with E-state index in [1.807, 2.05) is 26.0 Å². The summed E-state index contributed by atoms with van der Waals surface area (Å²) in [5, 5.41) is 40.0. The summed E-state index contributed by atoms with van der Waals surface area (Å²) in [7, 11) is -3.68. The zero-order valence-corrected chi connectivity index (χ0v) is 23.9. The number of sulfone groups is 1. The Morgan fingerprint density at radius 3 is 2.26 bits per heavy atom. The molecule has 0 saturated heterocycles. The number of aromatic amines is 1. The van der Waals surface area contributed by atoms with Gasteiger partial charge in [-0.1, -0.05) is 48.5 Å². The maximum Gasteiger partial charge on any atom is 0.418 e. The largest absolute Gasteiger partial charge is 0.505 e. The van der Waals surface area contributed by atoms with E-state index in [9.17, 15) is 36.9 Å². The van der Waals surface area contributed by atoms with Gasteiger partial charge >= 0.3 is 6.18 Å². The van der Waals surface area contributed by atoms with Crippen molar-refractivity contribution in [3.63, 3.8) is 0 Å². The molecule has 0 amide bonds. The fourth-order valence-electron chi connectivity index (χ4n) is 4.82. The summed E-state index contributed by atoms with van der Waals surface area (Å²) < 4.78 is 64.5. The molecule has 5 aromatic rings. The molecule has 0 radical (unpaired) electrons. The number of H-pyrrole nitrogens is 1. The number of rotatable bonds is 6. The van der Waals surface area contributed by atoms with Crippen molar-refractivity contribution >= 4 is 32.1 Å². The number of aryl methyl sites for hydroxylation is 2. The third kappa shape index (κ3) is 5.71. The molecule has 0 fully saturated rings. The minimum absolute atomic E-state index is 0.0137. The molecule has 0 aliphatic rings. The number of hydrogen-bond donors (Lipinski definition) is 4. The number of aliphatic hydroxyl groups is 1. The second kappa shape index (κ2) is 10.9. The molecule has 8 nitrogen and oxygen atoms in total. The lowest BCUT2D eigenvalue weighted by molar-refractivity contribution is -0.206. The van der Waals surface area contributed by atoms with E-state index in [-0.39, 0.29) is 39.0 Å². The first-order valence-electron chi connectivity index (χ1n) is 12.9. The number of halogens is 3. The number of fused-ring (bicyclic) bond motifs is 1. The maximum absolute atomic E-state index is 13.0. The number of alkyl halides is 3. The Bertz CT molecular complexity index is 2020. The van der Waals surface area contributed by atoms with E-state index < -0.39 is 27.7 Å². The topological polar surface area (TPSA) is 135 Å². The van der Waals surface area contributed by atoms with Gasteiger partial charge in [-0.05, 0) is 65.9 Å². The van der Waals surface area contributed by atoms with Crippen molar-refractivity contribution in [2.75, 3.05) is 6.26 Å². The first kappa shape index (κ1) is 29.8. The van der Waals surface area contributed by atoms with Crippen molar-refractivity contribution in [1.29, 1.82) is 0 Å². The lowest BCUT2D eigenvalue weighted by Gasteiger charge is -2.16. The Morgan fingerprint density at radius 1 is 0.860 bits per heavy atom. The number of nitrogens with one attached hydrogen (secondary N) is 1. The SMILES string of the molecule is Cc1ccc(-c2c(S(C)(=O)=O)ccc3c(N=Nc4cccc(-c5cccc(C(O)C(F)(F)F)c5)c4O)c(O)[nH]c23)cc1C. The van der Waals surface area contributed by atoms with Crippen LogP contribution >= 0.6 is 0 Å². The Morgan fingerprint density at radius 2 is 1.58 bits per heavy atom. The fourth-order valence-corrected chi connectivity index (χ4v) is 5.73. The van der Waals surface area contributed by atoms with E-state index in [0.717, 1.165) is 29.5 Å². The van der Waals surface area contributed by atoms with E-state index >= 15 is 0 Å². The van der Waals surface area contributed by atoms with Gasteiger partial charge in [0.2, 0.25) is 5.88 Å². The van der Waals surface area contributed by atoms with E-state index in [4.69, 9.17) is 0 Å². The normalized spacial score (nSPS) is 13.2. The molecule has 12 heteroatoms. The van der Waals surface area contributed by atoms with Gasteiger partial charge in [-0.15, -0.1) is 10.2 Å². The third-order valence-corrected chi connectivity index (χ3v) is 8.32.